The Kier molecular flexibility index (Phi) is 7.31. The molecule has 3 heteroatoms. The highest BCUT2D eigenvalue weighted by atomic mass is 35.5. The topological polar surface area (TPSA) is 20.2 Å². The van der Waals surface area contributed by atoms with E-state index in [4.69, 9.17) is 28.3 Å². The minimum Gasteiger partial charge on any atom is -0.396 e. The summed E-state index contributed by atoms with van der Waals surface area (Å²) in [6.45, 7) is 2.26. The largest absolute Gasteiger partial charge is 0.396 e. The van der Waals surface area contributed by atoms with Gasteiger partial charge in [0.25, 0.3) is 0 Å². The fourth-order valence-corrected chi connectivity index (χ4v) is 1.80. The highest BCUT2D eigenvalue weighted by Crippen LogP contribution is 2.27. The van der Waals surface area contributed by atoms with Crippen molar-refractivity contribution in [2.75, 3.05) is 18.4 Å². The van der Waals surface area contributed by atoms with Gasteiger partial charge in [0.05, 0.1) is 6.61 Å². The second-order valence-corrected chi connectivity index (χ2v) is 3.92. The van der Waals surface area contributed by atoms with E-state index in [9.17, 15) is 0 Å². The smallest absolute Gasteiger partial charge is 0.0510 e. The molecule has 0 spiro atoms. The number of alkyl halides is 2. The fourth-order valence-electron chi connectivity index (χ4n) is 1.08. The molecule has 0 aliphatic rings. The summed E-state index contributed by atoms with van der Waals surface area (Å²) in [6, 6.07) is 0. The molecule has 0 atom stereocenters. The first-order valence-corrected chi connectivity index (χ1v) is 5.54. The van der Waals surface area contributed by atoms with Gasteiger partial charge in [-0.25, -0.2) is 0 Å². The molecule has 0 aromatic carbocycles. The van der Waals surface area contributed by atoms with Crippen LogP contribution < -0.4 is 0 Å². The van der Waals surface area contributed by atoms with Crippen LogP contribution in [0.25, 0.3) is 0 Å². The molecule has 0 aliphatic heterocycles. The third kappa shape index (κ3) is 3.97. The Morgan fingerprint density at radius 2 is 1.75 bits per heavy atom. The molecule has 0 unspecified atom stereocenters. The molecule has 1 N–H and O–H groups in total. The van der Waals surface area contributed by atoms with Gasteiger partial charge in [-0.2, -0.15) is 0 Å². The predicted octanol–water partition coefficient (Wildman–Crippen LogP) is 3.02. The average molecular weight is 213 g/mol. The van der Waals surface area contributed by atoms with Gasteiger partial charge in [0.15, 0.2) is 0 Å². The van der Waals surface area contributed by atoms with Crippen LogP contribution in [0.1, 0.15) is 32.6 Å². The third-order valence-corrected chi connectivity index (χ3v) is 3.35. The molecule has 0 amide bonds. The van der Waals surface area contributed by atoms with Gasteiger partial charge >= 0.3 is 0 Å². The van der Waals surface area contributed by atoms with Crippen LogP contribution in [-0.4, -0.2) is 23.5 Å². The number of aliphatic hydroxyl groups excluding tert-OH is 1. The Balaban J connectivity index is 3.76. The second kappa shape index (κ2) is 6.99. The van der Waals surface area contributed by atoms with E-state index >= 15 is 0 Å². The van der Waals surface area contributed by atoms with Crippen molar-refractivity contribution in [2.24, 2.45) is 5.41 Å². The van der Waals surface area contributed by atoms with E-state index in [0.717, 1.165) is 12.8 Å². The van der Waals surface area contributed by atoms with Crippen LogP contribution in [0.5, 0.6) is 0 Å². The highest BCUT2D eigenvalue weighted by molar-refractivity contribution is 6.21. The van der Waals surface area contributed by atoms with Gasteiger partial charge in [0.1, 0.15) is 0 Å². The lowest BCUT2D eigenvalue weighted by atomic mass is 9.87. The lowest BCUT2D eigenvalue weighted by Gasteiger charge is -2.26. The van der Waals surface area contributed by atoms with E-state index in [2.05, 4.69) is 6.92 Å². The van der Waals surface area contributed by atoms with Gasteiger partial charge in [-0.1, -0.05) is 26.2 Å². The van der Waals surface area contributed by atoms with Crippen molar-refractivity contribution in [3.05, 3.63) is 0 Å². The van der Waals surface area contributed by atoms with E-state index in [1.54, 1.807) is 0 Å². The lowest BCUT2D eigenvalue weighted by Crippen LogP contribution is -2.29. The molecule has 12 heavy (non-hydrogen) atoms. The van der Waals surface area contributed by atoms with Crippen LogP contribution in [-0.2, 0) is 0 Å². The second-order valence-electron chi connectivity index (χ2n) is 3.38. The van der Waals surface area contributed by atoms with E-state index < -0.39 is 0 Å². The van der Waals surface area contributed by atoms with E-state index in [0.29, 0.717) is 11.8 Å². The molecule has 0 fully saturated rings. The molecule has 0 aromatic heterocycles. The number of aliphatic hydroxyl groups is 1. The maximum Gasteiger partial charge on any atom is 0.0510 e. The van der Waals surface area contributed by atoms with Crippen molar-refractivity contribution >= 4 is 23.2 Å². The minimum absolute atomic E-state index is 0.101. The molecule has 0 radical (unpaired) electrons. The van der Waals surface area contributed by atoms with Gasteiger partial charge in [0.2, 0.25) is 0 Å². The number of unbranched alkanes of at least 4 members (excludes halogenated alkanes) is 2. The number of hydrogen-bond acceptors (Lipinski definition) is 1. The SMILES string of the molecule is CCCCCC(CO)(CCl)CCl. The molecule has 0 heterocycles. The normalized spacial score (nSPS) is 12.0. The Morgan fingerprint density at radius 3 is 2.08 bits per heavy atom. The Morgan fingerprint density at radius 1 is 1.17 bits per heavy atom. The predicted molar refractivity (Wildman–Crippen MR) is 55.1 cm³/mol. The minimum atomic E-state index is -0.238. The van der Waals surface area contributed by atoms with Crippen molar-refractivity contribution < 1.29 is 5.11 Å². The highest BCUT2D eigenvalue weighted by Gasteiger charge is 2.26. The van der Waals surface area contributed by atoms with Crippen molar-refractivity contribution in [2.45, 2.75) is 32.6 Å². The van der Waals surface area contributed by atoms with Gasteiger partial charge < -0.3 is 5.11 Å². The van der Waals surface area contributed by atoms with Crippen molar-refractivity contribution in [3.8, 4) is 0 Å². The summed E-state index contributed by atoms with van der Waals surface area (Å²) in [5, 5.41) is 9.11. The van der Waals surface area contributed by atoms with Crippen molar-refractivity contribution in [3.63, 3.8) is 0 Å². The summed E-state index contributed by atoms with van der Waals surface area (Å²) >= 11 is 11.5. The zero-order chi connectivity index (χ0) is 9.45. The zero-order valence-electron chi connectivity index (χ0n) is 7.65. The molecule has 0 aliphatic carbocycles. The van der Waals surface area contributed by atoms with Crippen LogP contribution >= 0.6 is 23.2 Å². The van der Waals surface area contributed by atoms with E-state index in [1.807, 2.05) is 0 Å². The summed E-state index contributed by atoms with van der Waals surface area (Å²) in [7, 11) is 0. The van der Waals surface area contributed by atoms with Crippen LogP contribution in [0, 0.1) is 5.41 Å². The Bertz CT molecular complexity index is 94.4. The van der Waals surface area contributed by atoms with E-state index in [1.165, 1.54) is 12.8 Å². The zero-order valence-corrected chi connectivity index (χ0v) is 9.16. The quantitative estimate of drug-likeness (QED) is 0.509. The van der Waals surface area contributed by atoms with Gasteiger partial charge in [0, 0.05) is 17.2 Å². The molecule has 0 aromatic rings. The first kappa shape index (κ1) is 12.5. The monoisotopic (exact) mass is 212 g/mol. The van der Waals surface area contributed by atoms with Crippen LogP contribution in [0.4, 0.5) is 0 Å². The average Bonchev–Trinajstić information content (AvgIpc) is 2.14. The van der Waals surface area contributed by atoms with Crippen molar-refractivity contribution in [1.29, 1.82) is 0 Å². The third-order valence-electron chi connectivity index (χ3n) is 2.21. The summed E-state index contributed by atoms with van der Waals surface area (Å²) in [4.78, 5) is 0. The van der Waals surface area contributed by atoms with Crippen LogP contribution in [0.15, 0.2) is 0 Å². The molecule has 0 bridgehead atoms. The number of halogens is 2. The molecule has 1 nitrogen and oxygen atoms in total. The van der Waals surface area contributed by atoms with E-state index in [-0.39, 0.29) is 12.0 Å². The summed E-state index contributed by atoms with van der Waals surface area (Å²) in [5.74, 6) is 0.910. The number of rotatable bonds is 7. The maximum absolute atomic E-state index is 9.11. The standard InChI is InChI=1S/C9H18Cl2O/c1-2-3-4-5-9(6-10,7-11)8-12/h12H,2-8H2,1H3. The first-order valence-electron chi connectivity index (χ1n) is 4.47. The molecular formula is C9H18Cl2O. The van der Waals surface area contributed by atoms with Crippen LogP contribution in [0.3, 0.4) is 0 Å². The first-order chi connectivity index (χ1) is 5.74. The summed E-state index contributed by atoms with van der Waals surface area (Å²) < 4.78 is 0. The number of hydrogen-bond donors (Lipinski definition) is 1. The summed E-state index contributed by atoms with van der Waals surface area (Å²) in [5.41, 5.74) is -0.238. The molecule has 0 saturated carbocycles. The molecule has 0 saturated heterocycles. The van der Waals surface area contributed by atoms with Crippen molar-refractivity contribution in [1.82, 2.24) is 0 Å². The van der Waals surface area contributed by atoms with Gasteiger partial charge in [-0.3, -0.25) is 0 Å². The molecule has 74 valence electrons. The molecular weight excluding hydrogens is 195 g/mol. The Hall–Kier alpha value is 0.540. The molecule has 0 rings (SSSR count). The lowest BCUT2D eigenvalue weighted by molar-refractivity contribution is 0.153. The summed E-state index contributed by atoms with van der Waals surface area (Å²) in [6.07, 6.45) is 4.42. The maximum atomic E-state index is 9.11. The van der Waals surface area contributed by atoms with Crippen LogP contribution in [0.2, 0.25) is 0 Å². The Labute approximate surface area is 85.1 Å². The fraction of sp³-hybridized carbons (Fsp3) is 1.00. The van der Waals surface area contributed by atoms with Gasteiger partial charge in [-0.05, 0) is 6.42 Å². The van der Waals surface area contributed by atoms with Gasteiger partial charge in [-0.15, -0.1) is 23.2 Å².